The Labute approximate surface area is 161 Å². The SMILES string of the molecule is Cc1cc(NC(=O)c2ccc(C)c(N3C=C(c4cnn(C)c4C)NN3)c2)no1. The lowest BCUT2D eigenvalue weighted by Crippen LogP contribution is -2.36. The van der Waals surface area contributed by atoms with Crippen LogP contribution in [0.1, 0.15) is 32.9 Å². The van der Waals surface area contributed by atoms with Crippen LogP contribution < -0.4 is 21.3 Å². The average Bonchev–Trinajstić information content (AvgIpc) is 3.38. The largest absolute Gasteiger partial charge is 0.360 e. The minimum absolute atomic E-state index is 0.256. The zero-order valence-electron chi connectivity index (χ0n) is 16.1. The summed E-state index contributed by atoms with van der Waals surface area (Å²) in [6.45, 7) is 5.77. The summed E-state index contributed by atoms with van der Waals surface area (Å²) in [6.07, 6.45) is 3.75. The molecule has 0 saturated heterocycles. The van der Waals surface area contributed by atoms with E-state index in [-0.39, 0.29) is 5.91 Å². The maximum absolute atomic E-state index is 12.6. The summed E-state index contributed by atoms with van der Waals surface area (Å²) in [5.74, 6) is 0.768. The van der Waals surface area contributed by atoms with Gasteiger partial charge in [0.25, 0.3) is 5.91 Å². The van der Waals surface area contributed by atoms with Gasteiger partial charge in [0, 0.05) is 36.1 Å². The van der Waals surface area contributed by atoms with E-state index in [1.807, 2.05) is 55.1 Å². The molecule has 0 spiro atoms. The molecule has 1 amide bonds. The van der Waals surface area contributed by atoms with Crippen molar-refractivity contribution in [1.82, 2.24) is 25.9 Å². The molecule has 0 saturated carbocycles. The Kier molecular flexibility index (Phi) is 4.36. The van der Waals surface area contributed by atoms with Crippen LogP contribution in [0.5, 0.6) is 0 Å². The second-order valence-corrected chi connectivity index (χ2v) is 6.70. The number of amides is 1. The first-order valence-electron chi connectivity index (χ1n) is 8.79. The summed E-state index contributed by atoms with van der Waals surface area (Å²) >= 11 is 0. The molecule has 28 heavy (non-hydrogen) atoms. The maximum atomic E-state index is 12.6. The Bertz CT molecular complexity index is 1080. The highest BCUT2D eigenvalue weighted by Gasteiger charge is 2.20. The van der Waals surface area contributed by atoms with Crippen LogP contribution in [0, 0.1) is 20.8 Å². The van der Waals surface area contributed by atoms with E-state index < -0.39 is 0 Å². The molecule has 9 nitrogen and oxygen atoms in total. The topological polar surface area (TPSA) is 100 Å². The number of nitrogens with one attached hydrogen (secondary N) is 3. The van der Waals surface area contributed by atoms with E-state index in [4.69, 9.17) is 4.52 Å². The van der Waals surface area contributed by atoms with Crippen LogP contribution in [0.25, 0.3) is 5.70 Å². The second-order valence-electron chi connectivity index (χ2n) is 6.70. The van der Waals surface area contributed by atoms with Crippen molar-refractivity contribution in [2.75, 3.05) is 10.3 Å². The smallest absolute Gasteiger partial charge is 0.256 e. The summed E-state index contributed by atoms with van der Waals surface area (Å²) in [6, 6.07) is 7.17. The van der Waals surface area contributed by atoms with Gasteiger partial charge in [-0.3, -0.25) is 14.5 Å². The van der Waals surface area contributed by atoms with E-state index in [1.165, 1.54) is 0 Å². The summed E-state index contributed by atoms with van der Waals surface area (Å²) in [5, 5.41) is 12.7. The van der Waals surface area contributed by atoms with Gasteiger partial charge in [-0.1, -0.05) is 11.2 Å². The molecule has 9 heteroatoms. The van der Waals surface area contributed by atoms with Gasteiger partial charge >= 0.3 is 0 Å². The minimum Gasteiger partial charge on any atom is -0.360 e. The third kappa shape index (κ3) is 3.23. The van der Waals surface area contributed by atoms with Crippen molar-refractivity contribution in [3.8, 4) is 0 Å². The van der Waals surface area contributed by atoms with Crippen LogP contribution in [-0.4, -0.2) is 20.8 Å². The maximum Gasteiger partial charge on any atom is 0.256 e. The van der Waals surface area contributed by atoms with Gasteiger partial charge in [0.1, 0.15) is 5.76 Å². The predicted octanol–water partition coefficient (Wildman–Crippen LogP) is 2.41. The van der Waals surface area contributed by atoms with Gasteiger partial charge in [-0.2, -0.15) is 5.10 Å². The van der Waals surface area contributed by atoms with Crippen LogP contribution in [0.4, 0.5) is 11.5 Å². The Morgan fingerprint density at radius 2 is 2.04 bits per heavy atom. The molecule has 4 rings (SSSR count). The fourth-order valence-corrected chi connectivity index (χ4v) is 2.97. The van der Waals surface area contributed by atoms with E-state index >= 15 is 0 Å². The average molecular weight is 379 g/mol. The lowest BCUT2D eigenvalue weighted by Gasteiger charge is -2.18. The highest BCUT2D eigenvalue weighted by Crippen LogP contribution is 2.26. The molecule has 3 heterocycles. The van der Waals surface area contributed by atoms with Crippen molar-refractivity contribution in [2.45, 2.75) is 20.8 Å². The van der Waals surface area contributed by atoms with Gasteiger partial charge in [0.05, 0.1) is 17.6 Å². The first kappa shape index (κ1) is 17.8. The lowest BCUT2D eigenvalue weighted by atomic mass is 10.1. The van der Waals surface area contributed by atoms with Crippen LogP contribution in [0.2, 0.25) is 0 Å². The van der Waals surface area contributed by atoms with E-state index in [0.29, 0.717) is 17.1 Å². The predicted molar refractivity (Wildman–Crippen MR) is 105 cm³/mol. The second kappa shape index (κ2) is 6.86. The molecule has 144 valence electrons. The molecule has 1 aliphatic heterocycles. The number of hydrogen-bond donors (Lipinski definition) is 3. The normalized spacial score (nSPS) is 13.4. The molecule has 0 unspecified atom stereocenters. The van der Waals surface area contributed by atoms with Crippen molar-refractivity contribution >= 4 is 23.1 Å². The van der Waals surface area contributed by atoms with E-state index in [9.17, 15) is 4.79 Å². The first-order chi connectivity index (χ1) is 13.4. The van der Waals surface area contributed by atoms with E-state index in [2.05, 4.69) is 26.5 Å². The number of hydrazine groups is 2. The lowest BCUT2D eigenvalue weighted by molar-refractivity contribution is 0.102. The number of aryl methyl sites for hydroxylation is 3. The number of hydrogen-bond acceptors (Lipinski definition) is 7. The zero-order valence-corrected chi connectivity index (χ0v) is 16.1. The summed E-state index contributed by atoms with van der Waals surface area (Å²) in [7, 11) is 1.90. The number of nitrogens with zero attached hydrogens (tertiary/aromatic N) is 4. The van der Waals surface area contributed by atoms with Crippen LogP contribution in [-0.2, 0) is 7.05 Å². The van der Waals surface area contributed by atoms with Crippen molar-refractivity contribution < 1.29 is 9.32 Å². The van der Waals surface area contributed by atoms with Gasteiger partial charge in [0.15, 0.2) is 5.82 Å². The molecule has 2 aromatic heterocycles. The van der Waals surface area contributed by atoms with Gasteiger partial charge in [-0.05, 0) is 38.5 Å². The monoisotopic (exact) mass is 379 g/mol. The van der Waals surface area contributed by atoms with Crippen molar-refractivity contribution in [3.63, 3.8) is 0 Å². The van der Waals surface area contributed by atoms with Gasteiger partial charge in [-0.25, -0.2) is 0 Å². The number of rotatable bonds is 4. The molecule has 0 fully saturated rings. The molecule has 0 aliphatic carbocycles. The number of carbonyl (C=O) groups is 1. The number of aromatic nitrogens is 3. The van der Waals surface area contributed by atoms with E-state index in [0.717, 1.165) is 28.2 Å². The highest BCUT2D eigenvalue weighted by molar-refractivity contribution is 6.04. The molecule has 1 aliphatic rings. The molecule has 3 aromatic rings. The Morgan fingerprint density at radius 1 is 1.21 bits per heavy atom. The molecule has 3 N–H and O–H groups in total. The van der Waals surface area contributed by atoms with Gasteiger partial charge < -0.3 is 15.3 Å². The Balaban J connectivity index is 1.59. The van der Waals surface area contributed by atoms with Gasteiger partial charge in [0.2, 0.25) is 0 Å². The van der Waals surface area contributed by atoms with Crippen molar-refractivity contribution in [2.24, 2.45) is 7.05 Å². The fraction of sp³-hybridized carbons (Fsp3) is 0.211. The molecule has 0 bridgehead atoms. The minimum atomic E-state index is -0.256. The number of benzene rings is 1. The third-order valence-electron chi connectivity index (χ3n) is 4.70. The molecular formula is C19H21N7O2. The van der Waals surface area contributed by atoms with Crippen molar-refractivity contribution in [1.29, 1.82) is 0 Å². The van der Waals surface area contributed by atoms with E-state index in [1.54, 1.807) is 19.1 Å². The molecular weight excluding hydrogens is 358 g/mol. The summed E-state index contributed by atoms with van der Waals surface area (Å²) < 4.78 is 6.81. The molecule has 0 atom stereocenters. The fourth-order valence-electron chi connectivity index (χ4n) is 2.97. The summed E-state index contributed by atoms with van der Waals surface area (Å²) in [4.78, 5) is 12.6. The van der Waals surface area contributed by atoms with Crippen LogP contribution >= 0.6 is 0 Å². The first-order valence-corrected chi connectivity index (χ1v) is 8.79. The Hall–Kier alpha value is -3.59. The quantitative estimate of drug-likeness (QED) is 0.640. The van der Waals surface area contributed by atoms with Crippen LogP contribution in [0.3, 0.4) is 0 Å². The Morgan fingerprint density at radius 3 is 2.71 bits per heavy atom. The summed E-state index contributed by atoms with van der Waals surface area (Å²) in [5.41, 5.74) is 11.6. The number of anilines is 2. The van der Waals surface area contributed by atoms with Gasteiger partial charge in [-0.15, -0.1) is 5.53 Å². The highest BCUT2D eigenvalue weighted by atomic mass is 16.5. The number of carbonyl (C=O) groups excluding carboxylic acids is 1. The third-order valence-corrected chi connectivity index (χ3v) is 4.70. The zero-order chi connectivity index (χ0) is 19.8. The molecule has 1 aromatic carbocycles. The molecule has 0 radical (unpaired) electrons. The standard InChI is InChI=1S/C19H21N7O2/c1-11-5-6-14(19(27)21-18-7-12(2)28-23-18)8-17(11)26-10-16(22-24-26)15-9-20-25(4)13(15)3/h5-10,22,24H,1-4H3,(H,21,23,27). The van der Waals surface area contributed by atoms with Crippen molar-refractivity contribution in [3.05, 3.63) is 64.8 Å². The van der Waals surface area contributed by atoms with Crippen LogP contribution in [0.15, 0.2) is 41.2 Å².